The number of carbonyl (C=O) groups excluding carboxylic acids is 1. The van der Waals surface area contributed by atoms with Crippen molar-refractivity contribution in [3.8, 4) is 0 Å². The van der Waals surface area contributed by atoms with Crippen LogP contribution in [-0.2, 0) is 11.2 Å². The van der Waals surface area contributed by atoms with E-state index in [9.17, 15) is 9.18 Å². The summed E-state index contributed by atoms with van der Waals surface area (Å²) >= 11 is 0. The molecular weight excluding hydrogens is 303 g/mol. The van der Waals surface area contributed by atoms with Gasteiger partial charge in [0.15, 0.2) is 6.04 Å². The van der Waals surface area contributed by atoms with Crippen LogP contribution >= 0.6 is 0 Å². The van der Waals surface area contributed by atoms with Crippen molar-refractivity contribution < 1.29 is 14.5 Å². The molecule has 0 spiro atoms. The maximum atomic E-state index is 13.7. The second-order valence-electron chi connectivity index (χ2n) is 6.00. The van der Waals surface area contributed by atoms with Crippen LogP contribution in [0.15, 0.2) is 48.5 Å². The minimum absolute atomic E-state index is 0.0101. The third kappa shape index (κ3) is 4.65. The van der Waals surface area contributed by atoms with Crippen molar-refractivity contribution in [1.29, 1.82) is 0 Å². The molecule has 0 unspecified atom stereocenters. The summed E-state index contributed by atoms with van der Waals surface area (Å²) in [7, 11) is 0. The summed E-state index contributed by atoms with van der Waals surface area (Å²) in [6, 6.07) is 14.5. The van der Waals surface area contributed by atoms with E-state index in [0.717, 1.165) is 17.5 Å². The molecule has 2 rings (SSSR count). The standard InChI is InChI=1S/C20H25FN2O/c1-4-15-9-11-16(12-10-15)19(17-7-6-8-18(21)13-17)23-14(3)20(24)22-5-2/h6-14,19,23H,4-5H2,1-3H3,(H,22,24)/p+1/t14-,19-/m1/s1. The van der Waals surface area contributed by atoms with Crippen LogP contribution in [0.25, 0.3) is 0 Å². The number of nitrogens with one attached hydrogen (secondary N) is 1. The molecule has 0 heterocycles. The summed E-state index contributed by atoms with van der Waals surface area (Å²) in [6.45, 7) is 6.49. The number of likely N-dealkylation sites (N-methyl/N-ethyl adjacent to an activating group) is 1. The van der Waals surface area contributed by atoms with Gasteiger partial charge in [0.2, 0.25) is 0 Å². The smallest absolute Gasteiger partial charge is 0.277 e. The highest BCUT2D eigenvalue weighted by Crippen LogP contribution is 2.20. The van der Waals surface area contributed by atoms with Gasteiger partial charge in [0, 0.05) is 17.7 Å². The number of hydrogen-bond donors (Lipinski definition) is 2. The Bertz CT molecular complexity index is 670. The fourth-order valence-electron chi connectivity index (χ4n) is 2.79. The maximum absolute atomic E-state index is 13.7. The average molecular weight is 329 g/mol. The summed E-state index contributed by atoms with van der Waals surface area (Å²) < 4.78 is 13.7. The van der Waals surface area contributed by atoms with Crippen molar-refractivity contribution in [3.05, 3.63) is 71.0 Å². The van der Waals surface area contributed by atoms with Gasteiger partial charge in [-0.2, -0.15) is 0 Å². The number of aryl methyl sites for hydroxylation is 1. The number of quaternary nitrogens is 1. The van der Waals surface area contributed by atoms with Crippen molar-refractivity contribution >= 4 is 5.91 Å². The molecule has 1 amide bonds. The number of rotatable bonds is 7. The summed E-state index contributed by atoms with van der Waals surface area (Å²) in [4.78, 5) is 12.1. The number of hydrogen-bond acceptors (Lipinski definition) is 1. The van der Waals surface area contributed by atoms with Gasteiger partial charge in [-0.25, -0.2) is 4.39 Å². The summed E-state index contributed by atoms with van der Waals surface area (Å²) in [6.07, 6.45) is 0.976. The van der Waals surface area contributed by atoms with Crippen molar-refractivity contribution in [2.45, 2.75) is 39.3 Å². The number of amides is 1. The van der Waals surface area contributed by atoms with E-state index in [1.807, 2.05) is 25.2 Å². The highest BCUT2D eigenvalue weighted by molar-refractivity contribution is 5.79. The lowest BCUT2D eigenvalue weighted by atomic mass is 9.96. The van der Waals surface area contributed by atoms with Gasteiger partial charge >= 0.3 is 0 Å². The molecule has 0 saturated heterocycles. The first-order chi connectivity index (χ1) is 11.5. The summed E-state index contributed by atoms with van der Waals surface area (Å²) in [5, 5.41) is 4.83. The van der Waals surface area contributed by atoms with Crippen LogP contribution in [-0.4, -0.2) is 18.5 Å². The predicted molar refractivity (Wildman–Crippen MR) is 94.1 cm³/mol. The van der Waals surface area contributed by atoms with E-state index in [2.05, 4.69) is 36.5 Å². The molecule has 0 radical (unpaired) electrons. The monoisotopic (exact) mass is 329 g/mol. The van der Waals surface area contributed by atoms with E-state index in [0.29, 0.717) is 6.54 Å². The van der Waals surface area contributed by atoms with Crippen molar-refractivity contribution in [2.75, 3.05) is 6.54 Å². The number of nitrogens with two attached hydrogens (primary N) is 1. The SMILES string of the molecule is CCNC(=O)[C@@H](C)[NH2+][C@H](c1ccc(CC)cc1)c1cccc(F)c1. The molecule has 0 aliphatic heterocycles. The van der Waals surface area contributed by atoms with Gasteiger partial charge in [-0.15, -0.1) is 0 Å². The first-order valence-corrected chi connectivity index (χ1v) is 8.52. The van der Waals surface area contributed by atoms with Crippen molar-refractivity contribution in [3.63, 3.8) is 0 Å². The van der Waals surface area contributed by atoms with Crippen LogP contribution < -0.4 is 10.6 Å². The molecule has 0 aromatic heterocycles. The fraction of sp³-hybridized carbons (Fsp3) is 0.350. The van der Waals surface area contributed by atoms with E-state index >= 15 is 0 Å². The highest BCUT2D eigenvalue weighted by atomic mass is 19.1. The second-order valence-corrected chi connectivity index (χ2v) is 6.00. The van der Waals surface area contributed by atoms with Crippen molar-refractivity contribution in [1.82, 2.24) is 5.32 Å². The van der Waals surface area contributed by atoms with Crippen LogP contribution in [0.5, 0.6) is 0 Å². The average Bonchev–Trinajstić information content (AvgIpc) is 2.59. The van der Waals surface area contributed by atoms with E-state index < -0.39 is 0 Å². The molecule has 2 aromatic rings. The van der Waals surface area contributed by atoms with E-state index in [-0.39, 0.29) is 23.8 Å². The van der Waals surface area contributed by atoms with Gasteiger partial charge in [0.1, 0.15) is 11.9 Å². The van der Waals surface area contributed by atoms with Gasteiger partial charge in [-0.05, 0) is 38.0 Å². The van der Waals surface area contributed by atoms with E-state index in [1.54, 1.807) is 12.1 Å². The number of halogens is 1. The quantitative estimate of drug-likeness (QED) is 0.806. The second kappa shape index (κ2) is 8.60. The molecule has 2 atom stereocenters. The third-order valence-electron chi connectivity index (χ3n) is 4.20. The number of carbonyl (C=O) groups is 1. The Morgan fingerprint density at radius 3 is 2.42 bits per heavy atom. The Balaban J connectivity index is 2.31. The Morgan fingerprint density at radius 2 is 1.83 bits per heavy atom. The van der Waals surface area contributed by atoms with Gasteiger partial charge in [-0.1, -0.05) is 43.3 Å². The van der Waals surface area contributed by atoms with Crippen LogP contribution in [0.2, 0.25) is 0 Å². The molecule has 128 valence electrons. The minimum atomic E-state index is -0.262. The molecule has 0 bridgehead atoms. The molecule has 0 aliphatic rings. The van der Waals surface area contributed by atoms with Crippen LogP contribution in [0.1, 0.15) is 43.5 Å². The predicted octanol–water partition coefficient (Wildman–Crippen LogP) is 2.57. The highest BCUT2D eigenvalue weighted by Gasteiger charge is 2.24. The molecule has 3 nitrogen and oxygen atoms in total. The molecular formula is C20H26FN2O+. The van der Waals surface area contributed by atoms with E-state index in [4.69, 9.17) is 0 Å². The topological polar surface area (TPSA) is 45.7 Å². The Kier molecular flexibility index (Phi) is 6.50. The third-order valence-corrected chi connectivity index (χ3v) is 4.20. The minimum Gasteiger partial charge on any atom is -0.351 e. The van der Waals surface area contributed by atoms with Crippen LogP contribution in [0.4, 0.5) is 4.39 Å². The molecule has 0 saturated carbocycles. The van der Waals surface area contributed by atoms with Crippen LogP contribution in [0.3, 0.4) is 0 Å². The summed E-state index contributed by atoms with van der Waals surface area (Å²) in [5.74, 6) is -0.272. The summed E-state index contributed by atoms with van der Waals surface area (Å²) in [5.41, 5.74) is 3.18. The Hall–Kier alpha value is -2.20. The largest absolute Gasteiger partial charge is 0.351 e. The lowest BCUT2D eigenvalue weighted by Gasteiger charge is -2.21. The van der Waals surface area contributed by atoms with Gasteiger partial charge in [0.05, 0.1) is 0 Å². The van der Waals surface area contributed by atoms with Crippen LogP contribution in [0, 0.1) is 5.82 Å². The fourth-order valence-corrected chi connectivity index (χ4v) is 2.79. The lowest BCUT2D eigenvalue weighted by Crippen LogP contribution is -2.92. The molecule has 2 aromatic carbocycles. The Morgan fingerprint density at radius 1 is 1.12 bits per heavy atom. The zero-order valence-corrected chi connectivity index (χ0v) is 14.6. The van der Waals surface area contributed by atoms with E-state index in [1.165, 1.54) is 11.6 Å². The molecule has 24 heavy (non-hydrogen) atoms. The van der Waals surface area contributed by atoms with Gasteiger partial charge in [0.25, 0.3) is 5.91 Å². The first-order valence-electron chi connectivity index (χ1n) is 8.52. The zero-order valence-electron chi connectivity index (χ0n) is 14.6. The molecule has 4 heteroatoms. The normalized spacial score (nSPS) is 13.3. The van der Waals surface area contributed by atoms with Crippen molar-refractivity contribution in [2.24, 2.45) is 0 Å². The van der Waals surface area contributed by atoms with Gasteiger partial charge in [-0.3, -0.25) is 4.79 Å². The Labute approximate surface area is 143 Å². The maximum Gasteiger partial charge on any atom is 0.277 e. The molecule has 0 fully saturated rings. The first kappa shape index (κ1) is 18.1. The molecule has 3 N–H and O–H groups in total. The molecule has 0 aliphatic carbocycles. The van der Waals surface area contributed by atoms with Gasteiger partial charge < -0.3 is 10.6 Å². The zero-order chi connectivity index (χ0) is 17.5. The lowest BCUT2D eigenvalue weighted by molar-refractivity contribution is -0.704. The number of benzene rings is 2.